The van der Waals surface area contributed by atoms with Gasteiger partial charge in [0.2, 0.25) is 0 Å². The van der Waals surface area contributed by atoms with Gasteiger partial charge in [-0.15, -0.1) is 0 Å². The Bertz CT molecular complexity index is 492. The Hall–Kier alpha value is -1.85. The van der Waals surface area contributed by atoms with E-state index in [0.717, 1.165) is 12.1 Å². The van der Waals surface area contributed by atoms with E-state index in [1.165, 1.54) is 13.8 Å². The van der Waals surface area contributed by atoms with Crippen LogP contribution in [0.5, 0.6) is 0 Å². The highest BCUT2D eigenvalue weighted by atomic mass is 19.4. The quantitative estimate of drug-likeness (QED) is 0.587. The van der Waals surface area contributed by atoms with Crippen molar-refractivity contribution in [2.45, 2.75) is 20.0 Å². The summed E-state index contributed by atoms with van der Waals surface area (Å²) in [5.74, 6) is 0. The van der Waals surface area contributed by atoms with E-state index < -0.39 is 16.7 Å². The summed E-state index contributed by atoms with van der Waals surface area (Å²) in [7, 11) is 0. The van der Waals surface area contributed by atoms with Crippen molar-refractivity contribution < 1.29 is 18.1 Å². The van der Waals surface area contributed by atoms with Crippen molar-refractivity contribution in [3.8, 4) is 0 Å². The van der Waals surface area contributed by atoms with Gasteiger partial charge in [0.05, 0.1) is 10.5 Å². The summed E-state index contributed by atoms with van der Waals surface area (Å²) in [4.78, 5) is 9.99. The van der Waals surface area contributed by atoms with Gasteiger partial charge in [-0.2, -0.15) is 13.2 Å². The minimum absolute atomic E-state index is 0.111. The molecule has 0 aromatic heterocycles. The molecule has 1 rings (SSSR count). The zero-order valence-corrected chi connectivity index (χ0v) is 9.26. The van der Waals surface area contributed by atoms with Crippen molar-refractivity contribution in [2.75, 3.05) is 0 Å². The molecule has 0 radical (unpaired) electrons. The Kier molecular flexibility index (Phi) is 3.26. The van der Waals surface area contributed by atoms with Crippen molar-refractivity contribution in [1.29, 1.82) is 0 Å². The zero-order valence-electron chi connectivity index (χ0n) is 9.26. The number of hydrogen-bond donors (Lipinski definition) is 0. The summed E-state index contributed by atoms with van der Waals surface area (Å²) >= 11 is 0. The van der Waals surface area contributed by atoms with E-state index in [-0.39, 0.29) is 22.4 Å². The minimum Gasteiger partial charge on any atom is -0.258 e. The standard InChI is InChI=1S/C11H10F3NO2/c1-6-5-10(15(16)17)7(2)4-9(6)8(3)11(12,13)14/h4-5H,3H2,1-2H3. The molecule has 0 aliphatic heterocycles. The van der Waals surface area contributed by atoms with Crippen molar-refractivity contribution in [2.24, 2.45) is 0 Å². The molecule has 0 aliphatic carbocycles. The van der Waals surface area contributed by atoms with E-state index in [1.54, 1.807) is 0 Å². The Labute approximate surface area is 95.7 Å². The fourth-order valence-electron chi connectivity index (χ4n) is 1.48. The van der Waals surface area contributed by atoms with Gasteiger partial charge in [0.15, 0.2) is 0 Å². The van der Waals surface area contributed by atoms with Gasteiger partial charge in [0, 0.05) is 11.6 Å². The summed E-state index contributed by atoms with van der Waals surface area (Å²) in [6, 6.07) is 2.27. The molecule has 1 aromatic rings. The Balaban J connectivity index is 3.35. The van der Waals surface area contributed by atoms with E-state index in [9.17, 15) is 23.3 Å². The van der Waals surface area contributed by atoms with Crippen LogP contribution in [0.25, 0.3) is 5.57 Å². The first-order valence-electron chi connectivity index (χ1n) is 4.66. The molecule has 0 saturated carbocycles. The van der Waals surface area contributed by atoms with Gasteiger partial charge in [-0.05, 0) is 31.0 Å². The Morgan fingerprint density at radius 3 is 2.24 bits per heavy atom. The third kappa shape index (κ3) is 2.64. The second-order valence-corrected chi connectivity index (χ2v) is 3.69. The number of rotatable bonds is 2. The van der Waals surface area contributed by atoms with Crippen LogP contribution < -0.4 is 0 Å². The second-order valence-electron chi connectivity index (χ2n) is 3.69. The van der Waals surface area contributed by atoms with Crippen molar-refractivity contribution in [1.82, 2.24) is 0 Å². The molecule has 0 amide bonds. The lowest BCUT2D eigenvalue weighted by Crippen LogP contribution is -2.11. The molecule has 0 N–H and O–H groups in total. The molecule has 0 unspecified atom stereocenters. The highest BCUT2D eigenvalue weighted by molar-refractivity contribution is 5.72. The van der Waals surface area contributed by atoms with Crippen LogP contribution in [0.2, 0.25) is 0 Å². The van der Waals surface area contributed by atoms with Gasteiger partial charge in [-0.1, -0.05) is 6.58 Å². The van der Waals surface area contributed by atoms with Crippen LogP contribution in [0, 0.1) is 24.0 Å². The minimum atomic E-state index is -4.53. The maximum atomic E-state index is 12.5. The number of hydrogen-bond acceptors (Lipinski definition) is 2. The molecule has 3 nitrogen and oxygen atoms in total. The molecular formula is C11H10F3NO2. The zero-order chi connectivity index (χ0) is 13.4. The monoisotopic (exact) mass is 245 g/mol. The lowest BCUT2D eigenvalue weighted by atomic mass is 9.98. The number of nitrogens with zero attached hydrogens (tertiary/aromatic N) is 1. The Morgan fingerprint density at radius 1 is 1.29 bits per heavy atom. The summed E-state index contributed by atoms with van der Waals surface area (Å²) in [5, 5.41) is 10.6. The van der Waals surface area contributed by atoms with Crippen molar-refractivity contribution in [3.63, 3.8) is 0 Å². The molecule has 0 bridgehead atoms. The van der Waals surface area contributed by atoms with Gasteiger partial charge in [0.25, 0.3) is 5.69 Å². The van der Waals surface area contributed by atoms with Crippen LogP contribution in [0.15, 0.2) is 18.7 Å². The first-order valence-corrected chi connectivity index (χ1v) is 4.66. The molecular weight excluding hydrogens is 235 g/mol. The SMILES string of the molecule is C=C(c1cc(C)c([N+](=O)[O-])cc1C)C(F)(F)F. The maximum absolute atomic E-state index is 12.5. The molecule has 0 atom stereocenters. The van der Waals surface area contributed by atoms with Crippen LogP contribution in [-0.4, -0.2) is 11.1 Å². The molecule has 92 valence electrons. The van der Waals surface area contributed by atoms with E-state index in [1.807, 2.05) is 0 Å². The van der Waals surface area contributed by atoms with Crippen molar-refractivity contribution in [3.05, 3.63) is 45.5 Å². The van der Waals surface area contributed by atoms with Gasteiger partial charge >= 0.3 is 6.18 Å². The molecule has 0 spiro atoms. The number of alkyl halides is 3. The number of halogens is 3. The third-order valence-corrected chi connectivity index (χ3v) is 2.41. The average molecular weight is 245 g/mol. The number of nitro groups is 1. The lowest BCUT2D eigenvalue weighted by molar-refractivity contribution is -0.385. The molecule has 17 heavy (non-hydrogen) atoms. The summed E-state index contributed by atoms with van der Waals surface area (Å²) in [6.07, 6.45) is -4.53. The maximum Gasteiger partial charge on any atom is 0.416 e. The highest BCUT2D eigenvalue weighted by Gasteiger charge is 2.34. The summed E-state index contributed by atoms with van der Waals surface area (Å²) < 4.78 is 37.4. The summed E-state index contributed by atoms with van der Waals surface area (Å²) in [6.45, 7) is 5.76. The number of allylic oxidation sites excluding steroid dienone is 1. The second kappa shape index (κ2) is 4.20. The Morgan fingerprint density at radius 2 is 1.82 bits per heavy atom. The predicted molar refractivity (Wildman–Crippen MR) is 57.7 cm³/mol. The lowest BCUT2D eigenvalue weighted by Gasteiger charge is -2.13. The summed E-state index contributed by atoms with van der Waals surface area (Å²) in [5.41, 5.74) is -0.930. The predicted octanol–water partition coefficient (Wildman–Crippen LogP) is 3.79. The molecule has 0 saturated heterocycles. The molecule has 6 heteroatoms. The topological polar surface area (TPSA) is 43.1 Å². The molecule has 0 fully saturated rings. The van der Waals surface area contributed by atoms with Crippen LogP contribution in [0.3, 0.4) is 0 Å². The first-order chi connectivity index (χ1) is 7.64. The fraction of sp³-hybridized carbons (Fsp3) is 0.273. The van der Waals surface area contributed by atoms with Gasteiger partial charge in [-0.3, -0.25) is 10.1 Å². The number of benzene rings is 1. The van der Waals surface area contributed by atoms with E-state index >= 15 is 0 Å². The normalized spacial score (nSPS) is 11.4. The largest absolute Gasteiger partial charge is 0.416 e. The van der Waals surface area contributed by atoms with Gasteiger partial charge in [-0.25, -0.2) is 0 Å². The molecule has 0 aliphatic rings. The van der Waals surface area contributed by atoms with Gasteiger partial charge < -0.3 is 0 Å². The number of aryl methyl sites for hydroxylation is 2. The highest BCUT2D eigenvalue weighted by Crippen LogP contribution is 2.36. The average Bonchev–Trinajstić information content (AvgIpc) is 2.18. The number of nitro benzene ring substituents is 1. The van der Waals surface area contributed by atoms with Crippen LogP contribution in [-0.2, 0) is 0 Å². The fourth-order valence-corrected chi connectivity index (χ4v) is 1.48. The van der Waals surface area contributed by atoms with Crippen molar-refractivity contribution >= 4 is 11.3 Å². The molecule has 0 heterocycles. The third-order valence-electron chi connectivity index (χ3n) is 2.41. The van der Waals surface area contributed by atoms with E-state index in [0.29, 0.717) is 0 Å². The van der Waals surface area contributed by atoms with Crippen LogP contribution in [0.1, 0.15) is 16.7 Å². The van der Waals surface area contributed by atoms with Crippen LogP contribution in [0.4, 0.5) is 18.9 Å². The molecule has 1 aromatic carbocycles. The van der Waals surface area contributed by atoms with Gasteiger partial charge in [0.1, 0.15) is 0 Å². The van der Waals surface area contributed by atoms with E-state index in [4.69, 9.17) is 0 Å². The van der Waals surface area contributed by atoms with E-state index in [2.05, 4.69) is 6.58 Å². The smallest absolute Gasteiger partial charge is 0.258 e. The first kappa shape index (κ1) is 13.2. The van der Waals surface area contributed by atoms with Crippen LogP contribution >= 0.6 is 0 Å².